The molecule has 17 heavy (non-hydrogen) atoms. The first-order valence-electron chi connectivity index (χ1n) is 5.30. The number of esters is 1. The van der Waals surface area contributed by atoms with Gasteiger partial charge in [-0.25, -0.2) is 18.4 Å². The van der Waals surface area contributed by atoms with Crippen molar-refractivity contribution in [1.29, 1.82) is 0 Å². The highest BCUT2D eigenvalue weighted by Crippen LogP contribution is 2.23. The fraction of sp³-hybridized carbons (Fsp3) is 0.364. The van der Waals surface area contributed by atoms with Gasteiger partial charge in [0.25, 0.3) is 0 Å². The van der Waals surface area contributed by atoms with E-state index in [1.165, 1.54) is 24.3 Å². The number of hydrogen-bond acceptors (Lipinski definition) is 4. The second-order valence-corrected chi connectivity index (χ2v) is 5.59. The number of ether oxygens (including phenoxy) is 1. The van der Waals surface area contributed by atoms with Gasteiger partial charge in [0, 0.05) is 0 Å². The maximum Gasteiger partial charge on any atom is 0.338 e. The van der Waals surface area contributed by atoms with Crippen molar-refractivity contribution < 1.29 is 17.9 Å². The molecule has 1 aliphatic rings. The number of nitrogens with two attached hydrogens (primary N) is 1. The Labute approximate surface area is 99.6 Å². The van der Waals surface area contributed by atoms with Gasteiger partial charge >= 0.3 is 5.97 Å². The molecule has 0 aliphatic heterocycles. The van der Waals surface area contributed by atoms with Crippen LogP contribution in [-0.4, -0.2) is 20.5 Å². The van der Waals surface area contributed by atoms with Gasteiger partial charge in [-0.3, -0.25) is 0 Å². The van der Waals surface area contributed by atoms with Crippen LogP contribution in [0.2, 0.25) is 0 Å². The van der Waals surface area contributed by atoms with E-state index in [2.05, 4.69) is 0 Å². The summed E-state index contributed by atoms with van der Waals surface area (Å²) >= 11 is 0. The van der Waals surface area contributed by atoms with Crippen molar-refractivity contribution >= 4 is 16.0 Å². The van der Waals surface area contributed by atoms with Crippen LogP contribution in [0.1, 0.15) is 29.6 Å². The summed E-state index contributed by atoms with van der Waals surface area (Å²) in [5.74, 6) is -0.500. The molecule has 0 heterocycles. The van der Waals surface area contributed by atoms with Crippen LogP contribution in [0.5, 0.6) is 0 Å². The summed E-state index contributed by atoms with van der Waals surface area (Å²) in [5, 5.41) is 4.98. The minimum atomic E-state index is -3.79. The van der Waals surface area contributed by atoms with Gasteiger partial charge in [-0.15, -0.1) is 0 Å². The third kappa shape index (κ3) is 2.83. The predicted octanol–water partition coefficient (Wildman–Crippen LogP) is 1.04. The second kappa shape index (κ2) is 4.46. The summed E-state index contributed by atoms with van der Waals surface area (Å²) < 4.78 is 27.4. The van der Waals surface area contributed by atoms with E-state index in [9.17, 15) is 13.2 Å². The summed E-state index contributed by atoms with van der Waals surface area (Å²) in [6.45, 7) is 0. The van der Waals surface area contributed by atoms with Crippen LogP contribution in [0.4, 0.5) is 0 Å². The van der Waals surface area contributed by atoms with E-state index in [0.29, 0.717) is 0 Å². The Balaban J connectivity index is 2.17. The third-order valence-electron chi connectivity index (χ3n) is 2.72. The first kappa shape index (κ1) is 12.1. The zero-order valence-corrected chi connectivity index (χ0v) is 9.94. The van der Waals surface area contributed by atoms with E-state index in [0.717, 1.165) is 19.3 Å². The molecular formula is C11H13NO4S. The van der Waals surface area contributed by atoms with Gasteiger partial charge < -0.3 is 4.74 Å². The summed E-state index contributed by atoms with van der Waals surface area (Å²) in [6.07, 6.45) is 2.79. The molecule has 6 heteroatoms. The zero-order chi connectivity index (χ0) is 12.5. The highest BCUT2D eigenvalue weighted by Gasteiger charge is 2.22. The van der Waals surface area contributed by atoms with Gasteiger partial charge in [0.05, 0.1) is 10.5 Å². The number of benzene rings is 1. The smallest absolute Gasteiger partial charge is 0.338 e. The van der Waals surface area contributed by atoms with Crippen molar-refractivity contribution in [2.45, 2.75) is 30.3 Å². The minimum absolute atomic E-state index is 0.0272. The van der Waals surface area contributed by atoms with Crippen LogP contribution >= 0.6 is 0 Å². The highest BCUT2D eigenvalue weighted by atomic mass is 32.2. The average Bonchev–Trinajstić information content (AvgIpc) is 2.22. The Hall–Kier alpha value is -1.40. The lowest BCUT2D eigenvalue weighted by Crippen LogP contribution is -2.25. The lowest BCUT2D eigenvalue weighted by Gasteiger charge is -2.25. The van der Waals surface area contributed by atoms with E-state index in [1.807, 2.05) is 0 Å². The largest absolute Gasteiger partial charge is 0.459 e. The molecule has 0 amide bonds. The van der Waals surface area contributed by atoms with Gasteiger partial charge in [0.15, 0.2) is 0 Å². The molecular weight excluding hydrogens is 242 g/mol. The number of hydrogen-bond donors (Lipinski definition) is 1. The van der Waals surface area contributed by atoms with Crippen LogP contribution in [0.15, 0.2) is 29.2 Å². The summed E-state index contributed by atoms with van der Waals surface area (Å²) in [7, 11) is -3.79. The maximum absolute atomic E-state index is 11.7. The van der Waals surface area contributed by atoms with Gasteiger partial charge in [0.1, 0.15) is 6.10 Å². The molecule has 5 nitrogen and oxygen atoms in total. The Bertz CT molecular complexity index is 534. The number of rotatable bonds is 3. The molecule has 0 radical (unpaired) electrons. The monoisotopic (exact) mass is 255 g/mol. The Morgan fingerprint density at radius 1 is 1.35 bits per heavy atom. The van der Waals surface area contributed by atoms with Crippen molar-refractivity contribution in [2.75, 3.05) is 0 Å². The molecule has 2 rings (SSSR count). The number of primary sulfonamides is 1. The zero-order valence-electron chi connectivity index (χ0n) is 9.13. The molecule has 2 N–H and O–H groups in total. The Morgan fingerprint density at radius 2 is 2.06 bits per heavy atom. The fourth-order valence-corrected chi connectivity index (χ4v) is 2.07. The minimum Gasteiger partial charge on any atom is -0.459 e. The van der Waals surface area contributed by atoms with E-state index in [1.54, 1.807) is 0 Å². The lowest BCUT2D eigenvalue weighted by atomic mass is 9.96. The Kier molecular flexibility index (Phi) is 3.17. The number of carbonyl (C=O) groups excluding carboxylic acids is 1. The third-order valence-corrected chi connectivity index (χ3v) is 3.64. The summed E-state index contributed by atoms with van der Waals surface area (Å²) in [6, 6.07) is 5.55. The standard InChI is InChI=1S/C11H13NO4S/c12-17(14,15)10-6-1-3-8(7-10)11(13)16-9-4-2-5-9/h1,3,6-7,9H,2,4-5H2,(H2,12,14,15). The molecule has 1 aromatic carbocycles. The molecule has 1 aromatic rings. The van der Waals surface area contributed by atoms with E-state index < -0.39 is 16.0 Å². The molecule has 0 bridgehead atoms. The van der Waals surface area contributed by atoms with E-state index >= 15 is 0 Å². The first-order valence-corrected chi connectivity index (χ1v) is 6.85. The maximum atomic E-state index is 11.7. The Morgan fingerprint density at radius 3 is 2.59 bits per heavy atom. The molecule has 0 unspecified atom stereocenters. The normalized spacial score (nSPS) is 16.3. The van der Waals surface area contributed by atoms with Gasteiger partial charge in [0.2, 0.25) is 10.0 Å². The lowest BCUT2D eigenvalue weighted by molar-refractivity contribution is 0.00898. The van der Waals surface area contributed by atoms with Crippen LogP contribution in [0.25, 0.3) is 0 Å². The van der Waals surface area contributed by atoms with Crippen molar-refractivity contribution in [3.63, 3.8) is 0 Å². The predicted molar refractivity (Wildman–Crippen MR) is 60.9 cm³/mol. The molecule has 0 aromatic heterocycles. The summed E-state index contributed by atoms with van der Waals surface area (Å²) in [5.41, 5.74) is 0.212. The van der Waals surface area contributed by atoms with Crippen LogP contribution < -0.4 is 5.14 Å². The van der Waals surface area contributed by atoms with Crippen molar-refractivity contribution in [3.05, 3.63) is 29.8 Å². The number of carbonyl (C=O) groups is 1. The fourth-order valence-electron chi connectivity index (χ4n) is 1.51. The average molecular weight is 255 g/mol. The molecule has 1 fully saturated rings. The molecule has 0 spiro atoms. The molecule has 1 saturated carbocycles. The SMILES string of the molecule is NS(=O)(=O)c1cccc(C(=O)OC2CCC2)c1. The molecule has 0 saturated heterocycles. The van der Waals surface area contributed by atoms with E-state index in [4.69, 9.17) is 9.88 Å². The quantitative estimate of drug-likeness (QED) is 0.818. The van der Waals surface area contributed by atoms with Gasteiger partial charge in [-0.2, -0.15) is 0 Å². The number of sulfonamides is 1. The highest BCUT2D eigenvalue weighted by molar-refractivity contribution is 7.89. The molecule has 0 atom stereocenters. The van der Waals surface area contributed by atoms with Gasteiger partial charge in [-0.1, -0.05) is 6.07 Å². The van der Waals surface area contributed by atoms with Gasteiger partial charge in [-0.05, 0) is 37.5 Å². The van der Waals surface area contributed by atoms with E-state index in [-0.39, 0.29) is 16.6 Å². The molecule has 92 valence electrons. The molecule has 1 aliphatic carbocycles. The topological polar surface area (TPSA) is 86.5 Å². The van der Waals surface area contributed by atoms with Crippen molar-refractivity contribution in [3.8, 4) is 0 Å². The van der Waals surface area contributed by atoms with Crippen LogP contribution in [-0.2, 0) is 14.8 Å². The second-order valence-electron chi connectivity index (χ2n) is 4.03. The van der Waals surface area contributed by atoms with Crippen LogP contribution in [0, 0.1) is 0 Å². The van der Waals surface area contributed by atoms with Crippen molar-refractivity contribution in [1.82, 2.24) is 0 Å². The summed E-state index contributed by atoms with van der Waals surface area (Å²) in [4.78, 5) is 11.6. The van der Waals surface area contributed by atoms with Crippen LogP contribution in [0.3, 0.4) is 0 Å². The van der Waals surface area contributed by atoms with Crippen molar-refractivity contribution in [2.24, 2.45) is 5.14 Å². The first-order chi connectivity index (χ1) is 7.97.